The molecule has 0 aliphatic rings. The summed E-state index contributed by atoms with van der Waals surface area (Å²) >= 11 is 5.71. The first-order valence-corrected chi connectivity index (χ1v) is 5.93. The molecule has 0 aromatic heterocycles. The van der Waals surface area contributed by atoms with E-state index in [1.807, 2.05) is 0 Å². The van der Waals surface area contributed by atoms with Gasteiger partial charge in [-0.15, -0.1) is 0 Å². The Kier molecular flexibility index (Phi) is 4.24. The van der Waals surface area contributed by atoms with Crippen LogP contribution in [0.5, 0.6) is 0 Å². The summed E-state index contributed by atoms with van der Waals surface area (Å²) in [5.41, 5.74) is 0. The molecule has 0 bridgehead atoms. The van der Waals surface area contributed by atoms with E-state index in [2.05, 4.69) is 0 Å². The fourth-order valence-electron chi connectivity index (χ4n) is 1.13. The quantitative estimate of drug-likeness (QED) is 0.764. The van der Waals surface area contributed by atoms with Crippen molar-refractivity contribution in [2.24, 2.45) is 0 Å². The number of carbonyl (C=O) groups is 1. The molecule has 0 saturated carbocycles. The van der Waals surface area contributed by atoms with Gasteiger partial charge < -0.3 is 0 Å². The molecular weight excluding hydrogens is 232 g/mol. The van der Waals surface area contributed by atoms with Gasteiger partial charge in [0.2, 0.25) is 0 Å². The number of carbonyl (C=O) groups excluding carboxylic acids is 1. The molecule has 80 valence electrons. The number of hydrogen-bond acceptors (Lipinski definition) is 2. The van der Waals surface area contributed by atoms with Crippen molar-refractivity contribution in [1.29, 1.82) is 0 Å². The van der Waals surface area contributed by atoms with Crippen molar-refractivity contribution >= 4 is 28.2 Å². The van der Waals surface area contributed by atoms with Crippen molar-refractivity contribution in [1.82, 2.24) is 0 Å². The number of benzene rings is 1. The smallest absolute Gasteiger partial charge is 0.168 e. The highest BCUT2D eigenvalue weighted by atomic mass is 35.5. The molecule has 2 nitrogen and oxygen atoms in total. The van der Waals surface area contributed by atoms with Crippen LogP contribution in [0, 0.1) is 0 Å². The molecule has 15 heavy (non-hydrogen) atoms. The highest BCUT2D eigenvalue weighted by Crippen LogP contribution is 2.17. The van der Waals surface area contributed by atoms with E-state index in [1.165, 1.54) is 6.92 Å². The second-order valence-electron chi connectivity index (χ2n) is 2.93. The molecule has 0 aliphatic heterocycles. The average molecular weight is 243 g/mol. The van der Waals surface area contributed by atoms with Gasteiger partial charge in [-0.3, -0.25) is 4.79 Å². The molecule has 0 amide bonds. The summed E-state index contributed by atoms with van der Waals surface area (Å²) in [5.74, 6) is -0.175. The summed E-state index contributed by atoms with van der Waals surface area (Å²) in [5, 5.41) is 0.584. The van der Waals surface area contributed by atoms with Crippen LogP contribution in [-0.2, 0) is 15.6 Å². The molecular formula is C11H11ClO2S. The molecule has 1 atom stereocenters. The van der Waals surface area contributed by atoms with Gasteiger partial charge in [-0.05, 0) is 38.1 Å². The van der Waals surface area contributed by atoms with E-state index in [-0.39, 0.29) is 5.78 Å². The molecule has 4 heteroatoms. The summed E-state index contributed by atoms with van der Waals surface area (Å²) in [6.45, 7) is 3.10. The summed E-state index contributed by atoms with van der Waals surface area (Å²) in [7, 11) is -1.41. The lowest BCUT2D eigenvalue weighted by molar-refractivity contribution is -0.113. The predicted octanol–water partition coefficient (Wildman–Crippen LogP) is 2.94. The van der Waals surface area contributed by atoms with Crippen molar-refractivity contribution in [3.05, 3.63) is 40.3 Å². The number of allylic oxidation sites excluding steroid dienone is 2. The molecule has 0 fully saturated rings. The van der Waals surface area contributed by atoms with E-state index in [1.54, 1.807) is 37.3 Å². The number of Topliss-reactive ketones (excluding diaryl/α,β-unsaturated/α-hetero) is 1. The van der Waals surface area contributed by atoms with Crippen LogP contribution in [0.4, 0.5) is 0 Å². The fourth-order valence-corrected chi connectivity index (χ4v) is 2.36. The minimum absolute atomic E-state index is 0.175. The zero-order valence-corrected chi connectivity index (χ0v) is 10.1. The Morgan fingerprint density at radius 1 is 1.33 bits per heavy atom. The lowest BCUT2D eigenvalue weighted by atomic mass is 10.4. The van der Waals surface area contributed by atoms with Crippen LogP contribution in [0.2, 0.25) is 5.02 Å². The van der Waals surface area contributed by atoms with E-state index in [9.17, 15) is 9.00 Å². The third-order valence-electron chi connectivity index (χ3n) is 1.84. The predicted molar refractivity (Wildman–Crippen MR) is 62.3 cm³/mol. The first-order valence-electron chi connectivity index (χ1n) is 4.41. The summed E-state index contributed by atoms with van der Waals surface area (Å²) in [6.07, 6.45) is 1.58. The molecule has 1 aromatic carbocycles. The molecule has 1 unspecified atom stereocenters. The first kappa shape index (κ1) is 12.1. The monoisotopic (exact) mass is 242 g/mol. The van der Waals surface area contributed by atoms with Gasteiger partial charge in [-0.1, -0.05) is 17.7 Å². The molecule has 0 heterocycles. The van der Waals surface area contributed by atoms with Crippen LogP contribution in [0.1, 0.15) is 13.8 Å². The Balaban J connectivity index is 3.04. The number of rotatable bonds is 3. The summed E-state index contributed by atoms with van der Waals surface area (Å²) < 4.78 is 11.9. The number of ketones is 1. The van der Waals surface area contributed by atoms with Gasteiger partial charge >= 0.3 is 0 Å². The van der Waals surface area contributed by atoms with E-state index < -0.39 is 10.8 Å². The van der Waals surface area contributed by atoms with Crippen LogP contribution in [0.25, 0.3) is 0 Å². The second kappa shape index (κ2) is 5.24. The largest absolute Gasteiger partial charge is 0.294 e. The lowest BCUT2D eigenvalue weighted by Gasteiger charge is -2.03. The zero-order chi connectivity index (χ0) is 11.4. The maximum absolute atomic E-state index is 11.9. The lowest BCUT2D eigenvalue weighted by Crippen LogP contribution is -2.04. The van der Waals surface area contributed by atoms with Crippen molar-refractivity contribution in [3.63, 3.8) is 0 Å². The van der Waals surface area contributed by atoms with Crippen LogP contribution in [-0.4, -0.2) is 9.99 Å². The number of halogens is 1. The maximum Gasteiger partial charge on any atom is 0.168 e. The van der Waals surface area contributed by atoms with E-state index in [0.717, 1.165) is 0 Å². The van der Waals surface area contributed by atoms with E-state index in [0.29, 0.717) is 14.8 Å². The van der Waals surface area contributed by atoms with Crippen molar-refractivity contribution in [2.45, 2.75) is 18.7 Å². The zero-order valence-electron chi connectivity index (χ0n) is 8.49. The highest BCUT2D eigenvalue weighted by Gasteiger charge is 2.13. The Hall–Kier alpha value is -0.930. The van der Waals surface area contributed by atoms with Crippen molar-refractivity contribution in [3.8, 4) is 0 Å². The average Bonchev–Trinajstić information content (AvgIpc) is 2.19. The molecule has 0 N–H and O–H groups in total. The van der Waals surface area contributed by atoms with Gasteiger partial charge in [0, 0.05) is 9.92 Å². The van der Waals surface area contributed by atoms with E-state index >= 15 is 0 Å². The van der Waals surface area contributed by atoms with Gasteiger partial charge in [0.05, 0.1) is 15.7 Å². The Labute approximate surface area is 96.4 Å². The molecule has 0 radical (unpaired) electrons. The standard InChI is InChI=1S/C11H11ClO2S/c1-3-11(8(2)13)15(14)10-6-4-9(12)5-7-10/h3-7H,1-2H3. The van der Waals surface area contributed by atoms with Gasteiger partial charge in [0.15, 0.2) is 5.78 Å². The third-order valence-corrected chi connectivity index (χ3v) is 3.71. The van der Waals surface area contributed by atoms with Gasteiger partial charge in [-0.2, -0.15) is 0 Å². The van der Waals surface area contributed by atoms with Gasteiger partial charge in [0.1, 0.15) is 0 Å². The molecule has 1 aromatic rings. The normalized spacial score (nSPS) is 13.7. The van der Waals surface area contributed by atoms with Gasteiger partial charge in [0.25, 0.3) is 0 Å². The van der Waals surface area contributed by atoms with Crippen LogP contribution in [0.3, 0.4) is 0 Å². The second-order valence-corrected chi connectivity index (χ2v) is 4.82. The van der Waals surface area contributed by atoms with Gasteiger partial charge in [-0.25, -0.2) is 4.21 Å². The summed E-state index contributed by atoms with van der Waals surface area (Å²) in [6, 6.07) is 6.63. The first-order chi connectivity index (χ1) is 7.06. The third kappa shape index (κ3) is 3.01. The summed E-state index contributed by atoms with van der Waals surface area (Å²) in [4.78, 5) is 12.1. The SMILES string of the molecule is CC=C(C(C)=O)S(=O)c1ccc(Cl)cc1. The van der Waals surface area contributed by atoms with E-state index in [4.69, 9.17) is 11.6 Å². The van der Waals surface area contributed by atoms with Crippen LogP contribution >= 0.6 is 11.6 Å². The van der Waals surface area contributed by atoms with Crippen LogP contribution in [0.15, 0.2) is 40.1 Å². The molecule has 0 spiro atoms. The molecule has 0 aliphatic carbocycles. The van der Waals surface area contributed by atoms with Crippen LogP contribution < -0.4 is 0 Å². The Bertz CT molecular complexity index is 421. The number of hydrogen-bond donors (Lipinski definition) is 0. The van der Waals surface area contributed by atoms with Crippen molar-refractivity contribution < 1.29 is 9.00 Å². The highest BCUT2D eigenvalue weighted by molar-refractivity contribution is 7.90. The van der Waals surface area contributed by atoms with Crippen molar-refractivity contribution in [2.75, 3.05) is 0 Å². The molecule has 1 rings (SSSR count). The Morgan fingerprint density at radius 2 is 1.87 bits per heavy atom. The molecule has 0 saturated heterocycles. The maximum atomic E-state index is 11.9. The Morgan fingerprint density at radius 3 is 2.27 bits per heavy atom. The topological polar surface area (TPSA) is 34.1 Å². The fraction of sp³-hybridized carbons (Fsp3) is 0.182. The minimum atomic E-state index is -1.41. The minimum Gasteiger partial charge on any atom is -0.294 e.